The third-order valence-corrected chi connectivity index (χ3v) is 3.40. The molecular formula is C12H13ClN2O3. The number of carboxylic acid groups (broad SMARTS) is 1. The van der Waals surface area contributed by atoms with Crippen molar-refractivity contribution in [2.75, 3.05) is 13.1 Å². The molecule has 1 amide bonds. The molecule has 2 heterocycles. The zero-order chi connectivity index (χ0) is 13.3. The number of hydrogen-bond donors (Lipinski definition) is 1. The number of aliphatic carboxylic acids is 1. The lowest BCUT2D eigenvalue weighted by atomic mass is 9.99. The number of carbonyl (C=O) groups is 2. The molecule has 96 valence electrons. The van der Waals surface area contributed by atoms with Crippen LogP contribution in [0.2, 0.25) is 5.15 Å². The highest BCUT2D eigenvalue weighted by Crippen LogP contribution is 2.24. The normalized spacial score (nSPS) is 23.1. The van der Waals surface area contributed by atoms with Crippen molar-refractivity contribution in [1.29, 1.82) is 0 Å². The van der Waals surface area contributed by atoms with Crippen molar-refractivity contribution < 1.29 is 14.7 Å². The number of carboxylic acids is 1. The van der Waals surface area contributed by atoms with Gasteiger partial charge in [-0.2, -0.15) is 0 Å². The lowest BCUT2D eigenvalue weighted by Gasteiger charge is -2.15. The van der Waals surface area contributed by atoms with E-state index < -0.39 is 11.9 Å². The van der Waals surface area contributed by atoms with Crippen LogP contribution in [0.5, 0.6) is 0 Å². The Bertz CT molecular complexity index is 492. The molecule has 6 heteroatoms. The van der Waals surface area contributed by atoms with Crippen molar-refractivity contribution in [3.8, 4) is 0 Å². The van der Waals surface area contributed by atoms with Crippen molar-refractivity contribution in [2.45, 2.75) is 6.92 Å². The minimum absolute atomic E-state index is 0.0382. The first kappa shape index (κ1) is 12.8. The van der Waals surface area contributed by atoms with Crippen LogP contribution in [0, 0.1) is 11.8 Å². The summed E-state index contributed by atoms with van der Waals surface area (Å²) in [6, 6.07) is 3.07. The van der Waals surface area contributed by atoms with E-state index in [0.717, 1.165) is 0 Å². The summed E-state index contributed by atoms with van der Waals surface area (Å²) in [6.45, 7) is 2.54. The van der Waals surface area contributed by atoms with Crippen LogP contribution in [-0.4, -0.2) is 40.0 Å². The largest absolute Gasteiger partial charge is 0.481 e. The van der Waals surface area contributed by atoms with Gasteiger partial charge < -0.3 is 10.0 Å². The Balaban J connectivity index is 2.14. The summed E-state index contributed by atoms with van der Waals surface area (Å²) in [5.74, 6) is -1.59. The molecule has 1 N–H and O–H groups in total. The molecule has 0 bridgehead atoms. The molecule has 1 fully saturated rings. The van der Waals surface area contributed by atoms with Crippen LogP contribution in [0.3, 0.4) is 0 Å². The van der Waals surface area contributed by atoms with Crippen molar-refractivity contribution in [2.24, 2.45) is 11.8 Å². The standard InChI is InChI=1S/C12H13ClN2O3/c1-7-5-15(6-9(7)12(17)18)11(16)8-2-3-14-10(13)4-8/h2-4,7,9H,5-6H2,1H3,(H,17,18)/t7-,9-/m1/s1. The molecule has 2 atom stereocenters. The molecule has 18 heavy (non-hydrogen) atoms. The maximum absolute atomic E-state index is 12.2. The maximum Gasteiger partial charge on any atom is 0.308 e. The van der Waals surface area contributed by atoms with Crippen LogP contribution in [-0.2, 0) is 4.79 Å². The minimum Gasteiger partial charge on any atom is -0.481 e. The van der Waals surface area contributed by atoms with Crippen LogP contribution in [0.1, 0.15) is 17.3 Å². The molecule has 1 aromatic heterocycles. The van der Waals surface area contributed by atoms with E-state index in [1.807, 2.05) is 6.92 Å². The van der Waals surface area contributed by atoms with E-state index in [-0.39, 0.29) is 23.5 Å². The van der Waals surface area contributed by atoms with Gasteiger partial charge in [-0.25, -0.2) is 4.98 Å². The third kappa shape index (κ3) is 2.46. The molecule has 1 aliphatic heterocycles. The van der Waals surface area contributed by atoms with Crippen molar-refractivity contribution >= 4 is 23.5 Å². The van der Waals surface area contributed by atoms with E-state index in [1.165, 1.54) is 12.3 Å². The highest BCUT2D eigenvalue weighted by molar-refractivity contribution is 6.29. The number of nitrogens with zero attached hydrogens (tertiary/aromatic N) is 2. The number of pyridine rings is 1. The van der Waals surface area contributed by atoms with Crippen molar-refractivity contribution in [1.82, 2.24) is 9.88 Å². The average molecular weight is 269 g/mol. The molecule has 0 unspecified atom stereocenters. The Morgan fingerprint density at radius 2 is 2.22 bits per heavy atom. The summed E-state index contributed by atoms with van der Waals surface area (Å²) >= 11 is 5.73. The molecule has 0 saturated carbocycles. The molecule has 0 radical (unpaired) electrons. The Kier molecular flexibility index (Phi) is 3.52. The summed E-state index contributed by atoms with van der Waals surface area (Å²) in [7, 11) is 0. The van der Waals surface area contributed by atoms with E-state index >= 15 is 0 Å². The molecule has 0 spiro atoms. The third-order valence-electron chi connectivity index (χ3n) is 3.19. The smallest absolute Gasteiger partial charge is 0.308 e. The number of amides is 1. The first-order valence-electron chi connectivity index (χ1n) is 5.62. The molecule has 1 saturated heterocycles. The number of likely N-dealkylation sites (tertiary alicyclic amines) is 1. The summed E-state index contributed by atoms with van der Waals surface area (Å²) in [5, 5.41) is 9.28. The second-order valence-corrected chi connectivity index (χ2v) is 4.89. The van der Waals surface area contributed by atoms with Crippen molar-refractivity contribution in [3.63, 3.8) is 0 Å². The van der Waals surface area contributed by atoms with E-state index in [2.05, 4.69) is 4.98 Å². The van der Waals surface area contributed by atoms with Crippen LogP contribution in [0.4, 0.5) is 0 Å². The van der Waals surface area contributed by atoms with Gasteiger partial charge in [0.25, 0.3) is 5.91 Å². The minimum atomic E-state index is -0.856. The second-order valence-electron chi connectivity index (χ2n) is 4.50. The summed E-state index contributed by atoms with van der Waals surface area (Å²) < 4.78 is 0. The highest BCUT2D eigenvalue weighted by Gasteiger charge is 2.37. The SMILES string of the molecule is C[C@@H]1CN(C(=O)c2ccnc(Cl)c2)C[C@H]1C(=O)O. The molecule has 1 aromatic rings. The predicted octanol–water partition coefficient (Wildman–Crippen LogP) is 1.53. The van der Waals surface area contributed by atoms with E-state index in [0.29, 0.717) is 12.1 Å². The second kappa shape index (κ2) is 4.94. The van der Waals surface area contributed by atoms with E-state index in [9.17, 15) is 9.59 Å². The Morgan fingerprint density at radius 3 is 2.78 bits per heavy atom. The Morgan fingerprint density at radius 1 is 1.50 bits per heavy atom. The van der Waals surface area contributed by atoms with E-state index in [4.69, 9.17) is 16.7 Å². The molecule has 5 nitrogen and oxygen atoms in total. The van der Waals surface area contributed by atoms with Gasteiger partial charge in [0.05, 0.1) is 5.92 Å². The maximum atomic E-state index is 12.2. The molecule has 2 rings (SSSR count). The van der Waals surface area contributed by atoms with Gasteiger partial charge in [0.2, 0.25) is 0 Å². The zero-order valence-corrected chi connectivity index (χ0v) is 10.6. The van der Waals surface area contributed by atoms with Crippen LogP contribution >= 0.6 is 11.6 Å². The first-order valence-corrected chi connectivity index (χ1v) is 6.00. The molecular weight excluding hydrogens is 256 g/mol. The Labute approximate surface area is 109 Å². The van der Waals surface area contributed by atoms with Gasteiger partial charge >= 0.3 is 5.97 Å². The summed E-state index contributed by atoms with van der Waals surface area (Å²) in [4.78, 5) is 28.5. The number of aromatic nitrogens is 1. The average Bonchev–Trinajstić information content (AvgIpc) is 2.70. The Hall–Kier alpha value is -1.62. The van der Waals surface area contributed by atoms with Gasteiger partial charge in [-0.3, -0.25) is 9.59 Å². The highest BCUT2D eigenvalue weighted by atomic mass is 35.5. The fraction of sp³-hybridized carbons (Fsp3) is 0.417. The molecule has 0 aromatic carbocycles. The summed E-state index contributed by atoms with van der Waals surface area (Å²) in [5.41, 5.74) is 0.438. The monoisotopic (exact) mass is 268 g/mol. The van der Waals surface area contributed by atoms with Gasteiger partial charge in [0, 0.05) is 24.8 Å². The van der Waals surface area contributed by atoms with Gasteiger partial charge in [-0.1, -0.05) is 18.5 Å². The molecule has 0 aliphatic carbocycles. The lowest BCUT2D eigenvalue weighted by molar-refractivity contribution is -0.142. The van der Waals surface area contributed by atoms with E-state index in [1.54, 1.807) is 11.0 Å². The van der Waals surface area contributed by atoms with Crippen LogP contribution in [0.15, 0.2) is 18.3 Å². The van der Waals surface area contributed by atoms with Crippen LogP contribution < -0.4 is 0 Å². The number of halogens is 1. The topological polar surface area (TPSA) is 70.5 Å². The predicted molar refractivity (Wildman–Crippen MR) is 65.4 cm³/mol. The fourth-order valence-corrected chi connectivity index (χ4v) is 2.35. The summed E-state index contributed by atoms with van der Waals surface area (Å²) in [6.07, 6.45) is 1.46. The first-order chi connectivity index (χ1) is 8.49. The number of hydrogen-bond acceptors (Lipinski definition) is 3. The quantitative estimate of drug-likeness (QED) is 0.826. The zero-order valence-electron chi connectivity index (χ0n) is 9.84. The number of rotatable bonds is 2. The molecule has 1 aliphatic rings. The fourth-order valence-electron chi connectivity index (χ4n) is 2.17. The van der Waals surface area contributed by atoms with Gasteiger partial charge in [0.1, 0.15) is 5.15 Å². The van der Waals surface area contributed by atoms with Gasteiger partial charge in [-0.05, 0) is 18.1 Å². The lowest BCUT2D eigenvalue weighted by Crippen LogP contribution is -2.29. The van der Waals surface area contributed by atoms with Crippen LogP contribution in [0.25, 0.3) is 0 Å². The van der Waals surface area contributed by atoms with Gasteiger partial charge in [-0.15, -0.1) is 0 Å². The van der Waals surface area contributed by atoms with Gasteiger partial charge in [0.15, 0.2) is 0 Å². The number of carbonyl (C=O) groups excluding carboxylic acids is 1. The van der Waals surface area contributed by atoms with Crippen molar-refractivity contribution in [3.05, 3.63) is 29.0 Å².